The van der Waals surface area contributed by atoms with Crippen molar-refractivity contribution in [1.82, 2.24) is 15.1 Å². The molecular formula is C25H21N5O5. The van der Waals surface area contributed by atoms with Gasteiger partial charge in [-0.1, -0.05) is 36.4 Å². The Morgan fingerprint density at radius 2 is 1.80 bits per heavy atom. The van der Waals surface area contributed by atoms with E-state index >= 15 is 0 Å². The van der Waals surface area contributed by atoms with Crippen molar-refractivity contribution < 1.29 is 19.2 Å². The number of nitro benzene ring substituents is 1. The summed E-state index contributed by atoms with van der Waals surface area (Å²) in [6, 6.07) is 21.1. The Bertz CT molecular complexity index is 1400. The Kier molecular flexibility index (Phi) is 5.76. The van der Waals surface area contributed by atoms with Crippen LogP contribution in [0.4, 0.5) is 11.5 Å². The first-order chi connectivity index (χ1) is 17.0. The van der Waals surface area contributed by atoms with Gasteiger partial charge in [-0.15, -0.1) is 0 Å². The summed E-state index contributed by atoms with van der Waals surface area (Å²) in [5.41, 5.74) is 2.57. The molecule has 1 unspecified atom stereocenters. The fourth-order valence-corrected chi connectivity index (χ4v) is 3.94. The maximum absolute atomic E-state index is 12.8. The second-order valence-electron chi connectivity index (χ2n) is 7.79. The molecule has 0 saturated carbocycles. The van der Waals surface area contributed by atoms with Crippen LogP contribution in [0.3, 0.4) is 0 Å². The summed E-state index contributed by atoms with van der Waals surface area (Å²) in [6.45, 7) is 0.0374. The summed E-state index contributed by atoms with van der Waals surface area (Å²) in [6.07, 6.45) is 0.992. The van der Waals surface area contributed by atoms with E-state index in [0.717, 1.165) is 11.3 Å². The molecule has 0 spiro atoms. The number of carbonyl (C=O) groups excluding carboxylic acids is 1. The van der Waals surface area contributed by atoms with E-state index in [4.69, 9.17) is 9.47 Å². The first-order valence-corrected chi connectivity index (χ1v) is 10.8. The molecule has 0 saturated heterocycles. The quantitative estimate of drug-likeness (QED) is 0.306. The molecule has 176 valence electrons. The van der Waals surface area contributed by atoms with E-state index in [-0.39, 0.29) is 24.0 Å². The molecule has 2 N–H and O–H groups in total. The van der Waals surface area contributed by atoms with Gasteiger partial charge in [-0.2, -0.15) is 5.10 Å². The van der Waals surface area contributed by atoms with Crippen LogP contribution in [0.5, 0.6) is 11.5 Å². The zero-order valence-electron chi connectivity index (χ0n) is 18.7. The topological polar surface area (TPSA) is 121 Å². The molecule has 0 fully saturated rings. The number of nitrogens with one attached hydrogen (secondary N) is 2. The summed E-state index contributed by atoms with van der Waals surface area (Å²) >= 11 is 0. The summed E-state index contributed by atoms with van der Waals surface area (Å²) in [7, 11) is 1.54. The molecule has 0 bridgehead atoms. The second-order valence-corrected chi connectivity index (χ2v) is 7.79. The van der Waals surface area contributed by atoms with Gasteiger partial charge in [0.05, 0.1) is 23.9 Å². The number of rotatable bonds is 7. The average Bonchev–Trinajstić information content (AvgIpc) is 3.32. The molecule has 4 aromatic rings. The van der Waals surface area contributed by atoms with Gasteiger partial charge in [-0.3, -0.25) is 14.9 Å². The zero-order valence-corrected chi connectivity index (χ0v) is 18.7. The van der Waals surface area contributed by atoms with Gasteiger partial charge in [0.15, 0.2) is 5.75 Å². The van der Waals surface area contributed by atoms with Gasteiger partial charge >= 0.3 is 5.69 Å². The molecule has 2 heterocycles. The largest absolute Gasteiger partial charge is 0.496 e. The van der Waals surface area contributed by atoms with Crippen LogP contribution in [0.1, 0.15) is 27.7 Å². The minimum absolute atomic E-state index is 0.0374. The molecule has 10 nitrogen and oxygen atoms in total. The molecule has 1 amide bonds. The van der Waals surface area contributed by atoms with Crippen LogP contribution in [0.15, 0.2) is 79.0 Å². The van der Waals surface area contributed by atoms with Gasteiger partial charge in [-0.05, 0) is 35.9 Å². The molecule has 5 rings (SSSR count). The molecule has 35 heavy (non-hydrogen) atoms. The highest BCUT2D eigenvalue weighted by Gasteiger charge is 2.29. The van der Waals surface area contributed by atoms with Crippen LogP contribution in [0.2, 0.25) is 0 Å². The molecule has 3 aromatic carbocycles. The Balaban J connectivity index is 1.43. The number of methoxy groups -OCH3 is 1. The van der Waals surface area contributed by atoms with Crippen molar-refractivity contribution in [2.75, 3.05) is 12.4 Å². The SMILES string of the molecule is COc1ccc(C2NC(=O)c3cnn(-c4ccccc4)c3N2)cc1COc1ccccc1[N+](=O)[O-]. The Morgan fingerprint density at radius 1 is 1.03 bits per heavy atom. The molecular weight excluding hydrogens is 450 g/mol. The third-order valence-electron chi connectivity index (χ3n) is 5.65. The minimum atomic E-state index is -0.537. The molecule has 1 aliphatic heterocycles. The molecule has 10 heteroatoms. The van der Waals surface area contributed by atoms with Crippen molar-refractivity contribution in [2.24, 2.45) is 0 Å². The first kappa shape index (κ1) is 22.0. The third kappa shape index (κ3) is 4.24. The second kappa shape index (κ2) is 9.18. The number of hydrogen-bond donors (Lipinski definition) is 2. The van der Waals surface area contributed by atoms with Crippen molar-refractivity contribution >= 4 is 17.4 Å². The standard InChI is InChI=1S/C25H21N5O5/c1-34-21-12-11-16(13-17(21)15-35-22-10-6-5-9-20(22)30(32)33)23-27-24-19(25(31)28-23)14-26-29(24)18-7-3-2-4-8-18/h2-14,23,27H,15H2,1H3,(H,28,31). The van der Waals surface area contributed by atoms with E-state index in [2.05, 4.69) is 15.7 Å². The molecule has 1 aromatic heterocycles. The minimum Gasteiger partial charge on any atom is -0.496 e. The summed E-state index contributed by atoms with van der Waals surface area (Å²) < 4.78 is 12.9. The maximum atomic E-state index is 12.8. The van der Waals surface area contributed by atoms with E-state index in [1.54, 1.807) is 28.9 Å². The van der Waals surface area contributed by atoms with Crippen molar-refractivity contribution in [3.05, 3.63) is 106 Å². The first-order valence-electron chi connectivity index (χ1n) is 10.8. The van der Waals surface area contributed by atoms with E-state index in [0.29, 0.717) is 22.7 Å². The van der Waals surface area contributed by atoms with Gasteiger partial charge < -0.3 is 20.1 Å². The third-order valence-corrected chi connectivity index (χ3v) is 5.65. The molecule has 0 radical (unpaired) electrons. The average molecular weight is 471 g/mol. The number of anilines is 1. The van der Waals surface area contributed by atoms with Crippen molar-refractivity contribution in [3.8, 4) is 17.2 Å². The van der Waals surface area contributed by atoms with Gasteiger partial charge in [0.1, 0.15) is 29.9 Å². The summed E-state index contributed by atoms with van der Waals surface area (Å²) in [5.74, 6) is 1.05. The van der Waals surface area contributed by atoms with Crippen LogP contribution in [-0.4, -0.2) is 27.7 Å². The lowest BCUT2D eigenvalue weighted by molar-refractivity contribution is -0.385. The molecule has 1 atom stereocenters. The van der Waals surface area contributed by atoms with Crippen LogP contribution in [0, 0.1) is 10.1 Å². The fourth-order valence-electron chi connectivity index (χ4n) is 3.94. The van der Waals surface area contributed by atoms with Gasteiger partial charge in [0.2, 0.25) is 0 Å². The lowest BCUT2D eigenvalue weighted by Gasteiger charge is -2.27. The van der Waals surface area contributed by atoms with Crippen molar-refractivity contribution in [3.63, 3.8) is 0 Å². The zero-order chi connectivity index (χ0) is 24.4. The number of nitrogens with zero attached hydrogens (tertiary/aromatic N) is 3. The highest BCUT2D eigenvalue weighted by Crippen LogP contribution is 2.32. The number of fused-ring (bicyclic) bond motifs is 1. The van der Waals surface area contributed by atoms with Crippen LogP contribution < -0.4 is 20.1 Å². The van der Waals surface area contributed by atoms with E-state index < -0.39 is 11.1 Å². The maximum Gasteiger partial charge on any atom is 0.310 e. The Labute approximate surface area is 200 Å². The number of hydrogen-bond acceptors (Lipinski definition) is 7. The number of ether oxygens (including phenoxy) is 2. The fraction of sp³-hybridized carbons (Fsp3) is 0.120. The van der Waals surface area contributed by atoms with Crippen LogP contribution in [-0.2, 0) is 6.61 Å². The number of nitro groups is 1. The number of para-hydroxylation sites is 3. The molecule has 0 aliphatic carbocycles. The van der Waals surface area contributed by atoms with E-state index in [9.17, 15) is 14.9 Å². The summed E-state index contributed by atoms with van der Waals surface area (Å²) in [4.78, 5) is 23.6. The summed E-state index contributed by atoms with van der Waals surface area (Å²) in [5, 5.41) is 22.0. The lowest BCUT2D eigenvalue weighted by Crippen LogP contribution is -2.38. The van der Waals surface area contributed by atoms with Gasteiger partial charge in [0.25, 0.3) is 5.91 Å². The number of amides is 1. The predicted molar refractivity (Wildman–Crippen MR) is 128 cm³/mol. The van der Waals surface area contributed by atoms with E-state index in [1.165, 1.54) is 19.4 Å². The van der Waals surface area contributed by atoms with Crippen molar-refractivity contribution in [2.45, 2.75) is 12.8 Å². The smallest absolute Gasteiger partial charge is 0.310 e. The molecule has 1 aliphatic rings. The normalized spacial score (nSPS) is 14.4. The van der Waals surface area contributed by atoms with E-state index in [1.807, 2.05) is 42.5 Å². The number of carbonyl (C=O) groups is 1. The highest BCUT2D eigenvalue weighted by molar-refractivity contribution is 6.01. The van der Waals surface area contributed by atoms with Crippen LogP contribution in [0.25, 0.3) is 5.69 Å². The predicted octanol–water partition coefficient (Wildman–Crippen LogP) is 4.22. The highest BCUT2D eigenvalue weighted by atomic mass is 16.6. The van der Waals surface area contributed by atoms with Gasteiger partial charge in [0, 0.05) is 11.6 Å². The number of benzene rings is 3. The monoisotopic (exact) mass is 471 g/mol. The Hall–Kier alpha value is -4.86. The van der Waals surface area contributed by atoms with Crippen molar-refractivity contribution in [1.29, 1.82) is 0 Å². The number of aromatic nitrogens is 2. The van der Waals surface area contributed by atoms with Crippen LogP contribution >= 0.6 is 0 Å². The Morgan fingerprint density at radius 3 is 2.57 bits per heavy atom. The lowest BCUT2D eigenvalue weighted by atomic mass is 10.1. The van der Waals surface area contributed by atoms with Gasteiger partial charge in [-0.25, -0.2) is 4.68 Å².